The maximum atomic E-state index is 12.3. The van der Waals surface area contributed by atoms with Crippen LogP contribution >= 0.6 is 0 Å². The van der Waals surface area contributed by atoms with E-state index in [-0.39, 0.29) is 18.4 Å². The molecule has 21 heavy (non-hydrogen) atoms. The lowest BCUT2D eigenvalue weighted by atomic mass is 10.1. The second kappa shape index (κ2) is 4.76. The third-order valence-electron chi connectivity index (χ3n) is 3.39. The Morgan fingerprint density at radius 3 is 2.57 bits per heavy atom. The van der Waals surface area contributed by atoms with Gasteiger partial charge in [0.15, 0.2) is 0 Å². The third-order valence-corrected chi connectivity index (χ3v) is 3.39. The number of rotatable bonds is 2. The van der Waals surface area contributed by atoms with Gasteiger partial charge in [0.25, 0.3) is 11.8 Å². The van der Waals surface area contributed by atoms with Crippen LogP contribution in [0.25, 0.3) is 0 Å². The van der Waals surface area contributed by atoms with E-state index in [0.717, 1.165) is 5.56 Å². The maximum Gasteiger partial charge on any atom is 0.261 e. The fourth-order valence-electron chi connectivity index (χ4n) is 2.37. The van der Waals surface area contributed by atoms with Crippen molar-refractivity contribution in [2.24, 2.45) is 0 Å². The number of anilines is 1. The molecule has 0 spiro atoms. The molecule has 0 bridgehead atoms. The van der Waals surface area contributed by atoms with E-state index in [9.17, 15) is 9.59 Å². The van der Waals surface area contributed by atoms with E-state index >= 15 is 0 Å². The Balaban J connectivity index is 1.93. The van der Waals surface area contributed by atoms with Crippen LogP contribution in [0.2, 0.25) is 0 Å². The number of carbonyl (C=O) groups is 2. The van der Waals surface area contributed by atoms with Crippen LogP contribution in [-0.2, 0) is 6.54 Å². The van der Waals surface area contributed by atoms with Gasteiger partial charge in [0, 0.05) is 5.69 Å². The van der Waals surface area contributed by atoms with Gasteiger partial charge in [-0.15, -0.1) is 0 Å². The zero-order chi connectivity index (χ0) is 15.0. The van der Waals surface area contributed by atoms with Crippen LogP contribution in [0.1, 0.15) is 31.8 Å². The van der Waals surface area contributed by atoms with Crippen LogP contribution in [0.3, 0.4) is 0 Å². The Labute approximate surface area is 121 Å². The summed E-state index contributed by atoms with van der Waals surface area (Å²) >= 11 is 0. The van der Waals surface area contributed by atoms with Gasteiger partial charge in [-0.25, -0.2) is 0 Å². The number of amides is 2. The monoisotopic (exact) mass is 277 g/mol. The van der Waals surface area contributed by atoms with Crippen LogP contribution in [0.15, 0.2) is 42.5 Å². The molecule has 2 N–H and O–H groups in total. The summed E-state index contributed by atoms with van der Waals surface area (Å²) in [5.41, 5.74) is 8.03. The number of benzene rings is 2. The van der Waals surface area contributed by atoms with Gasteiger partial charge in [0.2, 0.25) is 0 Å². The molecule has 3 rings (SSSR count). The van der Waals surface area contributed by atoms with Gasteiger partial charge in [-0.1, -0.05) is 12.1 Å². The van der Waals surface area contributed by atoms with Crippen molar-refractivity contribution in [3.05, 3.63) is 64.7 Å². The van der Waals surface area contributed by atoms with E-state index in [2.05, 4.69) is 0 Å². The van der Waals surface area contributed by atoms with Crippen LogP contribution in [0.4, 0.5) is 5.69 Å². The van der Waals surface area contributed by atoms with Crippen molar-refractivity contribution in [3.8, 4) is 6.07 Å². The van der Waals surface area contributed by atoms with Crippen molar-refractivity contribution in [1.82, 2.24) is 4.90 Å². The highest BCUT2D eigenvalue weighted by molar-refractivity contribution is 6.21. The molecule has 1 aliphatic heterocycles. The van der Waals surface area contributed by atoms with E-state index in [0.29, 0.717) is 22.4 Å². The lowest BCUT2D eigenvalue weighted by molar-refractivity contribution is 0.0642. The minimum atomic E-state index is -0.357. The Bertz CT molecular complexity index is 805. The summed E-state index contributed by atoms with van der Waals surface area (Å²) in [6.07, 6.45) is 0. The zero-order valence-electron chi connectivity index (χ0n) is 11.0. The summed E-state index contributed by atoms with van der Waals surface area (Å²) in [5.74, 6) is -0.693. The van der Waals surface area contributed by atoms with E-state index in [1.165, 1.54) is 11.0 Å². The van der Waals surface area contributed by atoms with Crippen molar-refractivity contribution in [2.75, 3.05) is 5.73 Å². The van der Waals surface area contributed by atoms with Gasteiger partial charge >= 0.3 is 0 Å². The van der Waals surface area contributed by atoms with Crippen molar-refractivity contribution >= 4 is 17.5 Å². The molecule has 5 nitrogen and oxygen atoms in total. The van der Waals surface area contributed by atoms with Gasteiger partial charge in [-0.3, -0.25) is 14.5 Å². The van der Waals surface area contributed by atoms with Gasteiger partial charge < -0.3 is 5.73 Å². The van der Waals surface area contributed by atoms with Crippen LogP contribution in [0.5, 0.6) is 0 Å². The number of hydrogen-bond donors (Lipinski definition) is 1. The number of carbonyl (C=O) groups excluding carboxylic acids is 2. The third kappa shape index (κ3) is 2.13. The molecule has 0 saturated carbocycles. The number of fused-ring (bicyclic) bond motifs is 1. The van der Waals surface area contributed by atoms with Gasteiger partial charge in [0.05, 0.1) is 29.3 Å². The number of imide groups is 1. The standard InChI is InChI=1S/C16H11N3O2/c17-8-10-2-1-3-11(6-10)9-19-15(20)13-5-4-12(18)7-14(13)16(19)21/h1-7H,9,18H2. The fourth-order valence-corrected chi connectivity index (χ4v) is 2.37. The predicted octanol–water partition coefficient (Wildman–Crippen LogP) is 1.94. The molecule has 1 heterocycles. The van der Waals surface area contributed by atoms with Crippen molar-refractivity contribution in [1.29, 1.82) is 5.26 Å². The molecule has 0 fully saturated rings. The first-order chi connectivity index (χ1) is 10.1. The topological polar surface area (TPSA) is 87.2 Å². The molecule has 0 unspecified atom stereocenters. The normalized spacial score (nSPS) is 13.2. The summed E-state index contributed by atoms with van der Waals surface area (Å²) < 4.78 is 0. The van der Waals surface area contributed by atoms with Crippen molar-refractivity contribution in [3.63, 3.8) is 0 Å². The molecule has 1 aliphatic rings. The van der Waals surface area contributed by atoms with Crippen LogP contribution in [-0.4, -0.2) is 16.7 Å². The number of nitrogen functional groups attached to an aromatic ring is 1. The minimum Gasteiger partial charge on any atom is -0.399 e. The van der Waals surface area contributed by atoms with Gasteiger partial charge in [-0.05, 0) is 35.9 Å². The van der Waals surface area contributed by atoms with Crippen LogP contribution in [0, 0.1) is 11.3 Å². The molecule has 0 radical (unpaired) electrons. The zero-order valence-corrected chi connectivity index (χ0v) is 11.0. The molecule has 0 aliphatic carbocycles. The van der Waals surface area contributed by atoms with E-state index in [1.807, 2.05) is 6.07 Å². The second-order valence-corrected chi connectivity index (χ2v) is 4.81. The Hall–Kier alpha value is -3.13. The Kier molecular flexibility index (Phi) is 2.92. The highest BCUT2D eigenvalue weighted by Crippen LogP contribution is 2.26. The van der Waals surface area contributed by atoms with E-state index in [1.54, 1.807) is 36.4 Å². The molecular formula is C16H11N3O2. The van der Waals surface area contributed by atoms with Gasteiger partial charge in [-0.2, -0.15) is 5.26 Å². The SMILES string of the molecule is N#Cc1cccc(CN2C(=O)c3ccc(N)cc3C2=O)c1. The highest BCUT2D eigenvalue weighted by atomic mass is 16.2. The molecule has 2 aromatic rings. The lowest BCUT2D eigenvalue weighted by Gasteiger charge is -2.13. The first kappa shape index (κ1) is 12.9. The predicted molar refractivity (Wildman–Crippen MR) is 76.2 cm³/mol. The lowest BCUT2D eigenvalue weighted by Crippen LogP contribution is -2.29. The molecular weight excluding hydrogens is 266 g/mol. The maximum absolute atomic E-state index is 12.3. The largest absolute Gasteiger partial charge is 0.399 e. The average Bonchev–Trinajstić information content (AvgIpc) is 2.72. The van der Waals surface area contributed by atoms with E-state index in [4.69, 9.17) is 11.0 Å². The molecule has 0 aromatic heterocycles. The van der Waals surface area contributed by atoms with Crippen molar-refractivity contribution in [2.45, 2.75) is 6.54 Å². The van der Waals surface area contributed by atoms with Crippen molar-refractivity contribution < 1.29 is 9.59 Å². The highest BCUT2D eigenvalue weighted by Gasteiger charge is 2.35. The number of nitrogens with zero attached hydrogens (tertiary/aromatic N) is 2. The van der Waals surface area contributed by atoms with E-state index < -0.39 is 0 Å². The molecule has 102 valence electrons. The molecule has 5 heteroatoms. The summed E-state index contributed by atoms with van der Waals surface area (Å²) in [7, 11) is 0. The number of nitriles is 1. The number of nitrogens with two attached hydrogens (primary N) is 1. The fraction of sp³-hybridized carbons (Fsp3) is 0.0625. The summed E-state index contributed by atoms with van der Waals surface area (Å²) in [5, 5.41) is 8.89. The minimum absolute atomic E-state index is 0.141. The Morgan fingerprint density at radius 1 is 1.05 bits per heavy atom. The first-order valence-corrected chi connectivity index (χ1v) is 6.35. The molecule has 2 amide bonds. The van der Waals surface area contributed by atoms with Crippen LogP contribution < -0.4 is 5.73 Å². The summed E-state index contributed by atoms with van der Waals surface area (Å²) in [6.45, 7) is 0.141. The number of hydrogen-bond acceptors (Lipinski definition) is 4. The molecule has 0 saturated heterocycles. The average molecular weight is 277 g/mol. The first-order valence-electron chi connectivity index (χ1n) is 6.35. The summed E-state index contributed by atoms with van der Waals surface area (Å²) in [6, 6.07) is 13.6. The molecule has 0 atom stereocenters. The smallest absolute Gasteiger partial charge is 0.261 e. The molecule has 2 aromatic carbocycles. The van der Waals surface area contributed by atoms with Gasteiger partial charge in [0.1, 0.15) is 0 Å². The second-order valence-electron chi connectivity index (χ2n) is 4.81. The summed E-state index contributed by atoms with van der Waals surface area (Å²) in [4.78, 5) is 25.7. The Morgan fingerprint density at radius 2 is 1.81 bits per heavy atom. The quantitative estimate of drug-likeness (QED) is 0.671.